The lowest BCUT2D eigenvalue weighted by Crippen LogP contribution is -2.36. The second-order valence-corrected chi connectivity index (χ2v) is 2.66. The summed E-state index contributed by atoms with van der Waals surface area (Å²) < 4.78 is 0. The summed E-state index contributed by atoms with van der Waals surface area (Å²) in [4.78, 5) is 37.8. The van der Waals surface area contributed by atoms with E-state index < -0.39 is 36.3 Å². The van der Waals surface area contributed by atoms with Crippen LogP contribution < -0.4 is 5.48 Å². The minimum atomic E-state index is -1.43. The smallest absolute Gasteiger partial charge is 0.323 e. The van der Waals surface area contributed by atoms with Crippen LogP contribution in [0.4, 0.5) is 0 Å². The van der Waals surface area contributed by atoms with Gasteiger partial charge in [0.15, 0.2) is 0 Å². The number of hydroxylamine groups is 1. The predicted octanol–water partition coefficient (Wildman–Crippen LogP) is -0.925. The van der Waals surface area contributed by atoms with Gasteiger partial charge < -0.3 is 25.6 Å². The molecular formula is C8H15NO9. The molecule has 18 heavy (non-hydrogen) atoms. The van der Waals surface area contributed by atoms with Gasteiger partial charge in [0.25, 0.3) is 11.9 Å². The molecule has 0 amide bonds. The summed E-state index contributed by atoms with van der Waals surface area (Å²) in [5, 5.41) is 39.1. The van der Waals surface area contributed by atoms with E-state index >= 15 is 0 Å². The molecule has 0 aromatic heterocycles. The first-order valence-electron chi connectivity index (χ1n) is 4.27. The maximum Gasteiger partial charge on any atom is 0.323 e. The van der Waals surface area contributed by atoms with E-state index in [0.29, 0.717) is 0 Å². The van der Waals surface area contributed by atoms with E-state index in [1.807, 2.05) is 0 Å². The van der Waals surface area contributed by atoms with Gasteiger partial charge in [-0.2, -0.15) is 5.48 Å². The fraction of sp³-hybridized carbons (Fsp3) is 0.500. The van der Waals surface area contributed by atoms with Gasteiger partial charge in [-0.1, -0.05) is 0 Å². The summed E-state index contributed by atoms with van der Waals surface area (Å²) in [5.74, 6) is -4.35. The molecule has 10 heteroatoms. The molecule has 0 heterocycles. The number of nitrogens with one attached hydrogen (secondary N) is 1. The standard InChI is InChI=1S/C4H7NO5.2C2H4O2/c6-3(7)1-2(5-10)4(8)9;2*1-2(3)4/h2,5,10H,1H2,(H,6,7)(H,8,9);2*1H3,(H,3,4)/t2-;;/m0../s1. The molecule has 0 bridgehead atoms. The van der Waals surface area contributed by atoms with Crippen LogP contribution in [0.15, 0.2) is 0 Å². The number of carboxylic acids is 4. The van der Waals surface area contributed by atoms with E-state index in [-0.39, 0.29) is 0 Å². The highest BCUT2D eigenvalue weighted by Gasteiger charge is 2.18. The van der Waals surface area contributed by atoms with Crippen LogP contribution in [0.2, 0.25) is 0 Å². The van der Waals surface area contributed by atoms with Gasteiger partial charge in [0, 0.05) is 13.8 Å². The molecule has 0 fully saturated rings. The number of aliphatic carboxylic acids is 4. The summed E-state index contributed by atoms with van der Waals surface area (Å²) in [6.07, 6.45) is -0.647. The normalized spacial score (nSPS) is 9.72. The summed E-state index contributed by atoms with van der Waals surface area (Å²) in [7, 11) is 0. The van der Waals surface area contributed by atoms with E-state index in [0.717, 1.165) is 13.8 Å². The van der Waals surface area contributed by atoms with Crippen LogP contribution in [0.5, 0.6) is 0 Å². The lowest BCUT2D eigenvalue weighted by atomic mass is 10.2. The van der Waals surface area contributed by atoms with Crippen LogP contribution >= 0.6 is 0 Å². The zero-order valence-electron chi connectivity index (χ0n) is 9.65. The van der Waals surface area contributed by atoms with Crippen LogP contribution in [0, 0.1) is 0 Å². The Labute approximate surface area is 101 Å². The van der Waals surface area contributed by atoms with Crippen LogP contribution in [0.25, 0.3) is 0 Å². The number of rotatable bonds is 4. The Morgan fingerprint density at radius 1 is 0.944 bits per heavy atom. The summed E-state index contributed by atoms with van der Waals surface area (Å²) in [6, 6.07) is -1.43. The Morgan fingerprint density at radius 2 is 1.22 bits per heavy atom. The lowest BCUT2D eigenvalue weighted by molar-refractivity contribution is -0.148. The monoisotopic (exact) mass is 269 g/mol. The van der Waals surface area contributed by atoms with Gasteiger partial charge in [-0.25, -0.2) is 0 Å². The van der Waals surface area contributed by atoms with E-state index in [1.165, 1.54) is 5.48 Å². The van der Waals surface area contributed by atoms with Crippen LogP contribution in [0.1, 0.15) is 20.3 Å². The van der Waals surface area contributed by atoms with Crippen molar-refractivity contribution >= 4 is 23.9 Å². The highest BCUT2D eigenvalue weighted by atomic mass is 16.5. The Bertz CT molecular complexity index is 268. The molecule has 0 aromatic rings. The van der Waals surface area contributed by atoms with Gasteiger partial charge in [0.2, 0.25) is 0 Å². The molecule has 0 saturated carbocycles. The minimum absolute atomic E-state index is 0.647. The van der Waals surface area contributed by atoms with E-state index in [1.54, 1.807) is 0 Å². The molecule has 0 aliphatic rings. The average Bonchev–Trinajstić information content (AvgIpc) is 2.11. The second kappa shape index (κ2) is 12.9. The fourth-order valence-electron chi connectivity index (χ4n) is 0.363. The minimum Gasteiger partial charge on any atom is -0.481 e. The SMILES string of the molecule is CC(=O)O.CC(=O)O.O=C(O)C[C@H](NO)C(=O)O. The highest BCUT2D eigenvalue weighted by molar-refractivity contribution is 5.80. The van der Waals surface area contributed by atoms with Crippen molar-refractivity contribution in [3.8, 4) is 0 Å². The summed E-state index contributed by atoms with van der Waals surface area (Å²) >= 11 is 0. The van der Waals surface area contributed by atoms with Crippen molar-refractivity contribution in [2.24, 2.45) is 0 Å². The summed E-state index contributed by atoms with van der Waals surface area (Å²) in [5.41, 5.74) is 1.35. The van der Waals surface area contributed by atoms with Crippen molar-refractivity contribution in [2.45, 2.75) is 26.3 Å². The average molecular weight is 269 g/mol. The van der Waals surface area contributed by atoms with Crippen molar-refractivity contribution in [2.75, 3.05) is 0 Å². The van der Waals surface area contributed by atoms with Gasteiger partial charge in [-0.3, -0.25) is 19.2 Å². The van der Waals surface area contributed by atoms with Gasteiger partial charge >= 0.3 is 11.9 Å². The third-order valence-electron chi connectivity index (χ3n) is 0.833. The van der Waals surface area contributed by atoms with E-state index in [2.05, 4.69) is 0 Å². The maximum atomic E-state index is 9.98. The molecule has 0 rings (SSSR count). The molecule has 0 saturated heterocycles. The second-order valence-electron chi connectivity index (χ2n) is 2.66. The topological polar surface area (TPSA) is 181 Å². The van der Waals surface area contributed by atoms with Gasteiger partial charge in [0.05, 0.1) is 6.42 Å². The van der Waals surface area contributed by atoms with Gasteiger partial charge in [-0.05, 0) is 0 Å². The van der Waals surface area contributed by atoms with Crippen LogP contribution in [0.3, 0.4) is 0 Å². The van der Waals surface area contributed by atoms with Crippen molar-refractivity contribution in [1.82, 2.24) is 5.48 Å². The maximum absolute atomic E-state index is 9.98. The molecule has 10 nitrogen and oxygen atoms in total. The molecule has 0 aliphatic carbocycles. The first kappa shape index (κ1) is 21.1. The van der Waals surface area contributed by atoms with Crippen LogP contribution in [-0.2, 0) is 19.2 Å². The van der Waals surface area contributed by atoms with Crippen LogP contribution in [-0.4, -0.2) is 55.6 Å². The number of carbonyl (C=O) groups is 4. The number of hydrogen-bond acceptors (Lipinski definition) is 6. The third kappa shape index (κ3) is 37.2. The van der Waals surface area contributed by atoms with Gasteiger partial charge in [0.1, 0.15) is 6.04 Å². The zero-order valence-corrected chi connectivity index (χ0v) is 9.65. The molecule has 0 aliphatic heterocycles. The first-order valence-corrected chi connectivity index (χ1v) is 4.27. The molecule has 6 N–H and O–H groups in total. The Kier molecular flexibility index (Phi) is 15.1. The van der Waals surface area contributed by atoms with E-state index in [9.17, 15) is 9.59 Å². The molecular weight excluding hydrogens is 254 g/mol. The Balaban J connectivity index is -0.000000233. The van der Waals surface area contributed by atoms with Gasteiger partial charge in [-0.15, -0.1) is 0 Å². The van der Waals surface area contributed by atoms with Crippen molar-refractivity contribution < 1.29 is 44.8 Å². The Morgan fingerprint density at radius 3 is 1.28 bits per heavy atom. The number of hydrogen-bond donors (Lipinski definition) is 6. The third-order valence-corrected chi connectivity index (χ3v) is 0.833. The Hall–Kier alpha value is -2.20. The van der Waals surface area contributed by atoms with Crippen molar-refractivity contribution in [3.63, 3.8) is 0 Å². The quantitative estimate of drug-likeness (QED) is 0.349. The first-order chi connectivity index (χ1) is 8.04. The highest BCUT2D eigenvalue weighted by Crippen LogP contribution is 1.89. The zero-order chi connectivity index (χ0) is 15.3. The number of carboxylic acid groups (broad SMARTS) is 4. The van der Waals surface area contributed by atoms with E-state index in [4.69, 9.17) is 35.2 Å². The molecule has 0 spiro atoms. The van der Waals surface area contributed by atoms with Crippen molar-refractivity contribution in [3.05, 3.63) is 0 Å². The van der Waals surface area contributed by atoms with Crippen molar-refractivity contribution in [1.29, 1.82) is 0 Å². The fourth-order valence-corrected chi connectivity index (χ4v) is 0.363. The predicted molar refractivity (Wildman–Crippen MR) is 55.2 cm³/mol. The molecule has 0 unspecified atom stereocenters. The molecule has 106 valence electrons. The molecule has 1 atom stereocenters. The summed E-state index contributed by atoms with van der Waals surface area (Å²) in [6.45, 7) is 2.17. The lowest BCUT2D eigenvalue weighted by Gasteiger charge is -2.04. The molecule has 0 aromatic carbocycles. The largest absolute Gasteiger partial charge is 0.481 e. The molecule has 0 radical (unpaired) electrons.